The summed E-state index contributed by atoms with van der Waals surface area (Å²) < 4.78 is 51.2. The molecule has 2 amide bonds. The molecule has 2 aliphatic rings. The number of amides is 2. The van der Waals surface area contributed by atoms with Crippen LogP contribution < -0.4 is 20.7 Å². The largest absolute Gasteiger partial charge is 0.492 e. The molecule has 0 radical (unpaired) electrons. The molecule has 0 bridgehead atoms. The van der Waals surface area contributed by atoms with Crippen LogP contribution in [-0.2, 0) is 14.3 Å². The van der Waals surface area contributed by atoms with E-state index in [4.69, 9.17) is 9.47 Å². The molecular weight excluding hydrogens is 521 g/mol. The molecule has 2 aromatic heterocycles. The van der Waals surface area contributed by atoms with Crippen molar-refractivity contribution in [3.05, 3.63) is 41.6 Å². The number of carbonyl (C=O) groups is 2. The summed E-state index contributed by atoms with van der Waals surface area (Å²) in [5, 5.41) is 11.5. The van der Waals surface area contributed by atoms with Crippen molar-refractivity contribution >= 4 is 41.1 Å². The molecule has 2 fully saturated rings. The fourth-order valence-corrected chi connectivity index (χ4v) is 4.06. The van der Waals surface area contributed by atoms with E-state index < -0.39 is 24.5 Å². The van der Waals surface area contributed by atoms with Crippen LogP contribution in [0.3, 0.4) is 0 Å². The van der Waals surface area contributed by atoms with E-state index in [1.54, 1.807) is 24.3 Å². The zero-order chi connectivity index (χ0) is 27.4. The summed E-state index contributed by atoms with van der Waals surface area (Å²) in [7, 11) is 0. The molecule has 12 nitrogen and oxygen atoms in total. The highest BCUT2D eigenvalue weighted by atomic mass is 19.4. The van der Waals surface area contributed by atoms with Gasteiger partial charge in [0.1, 0.15) is 18.9 Å². The van der Waals surface area contributed by atoms with Crippen molar-refractivity contribution < 1.29 is 32.2 Å². The molecule has 206 valence electrons. The first-order valence-corrected chi connectivity index (χ1v) is 12.1. The Morgan fingerprint density at radius 1 is 1.18 bits per heavy atom. The van der Waals surface area contributed by atoms with E-state index in [0.29, 0.717) is 36.8 Å². The Morgan fingerprint density at radius 3 is 2.74 bits per heavy atom. The van der Waals surface area contributed by atoms with Crippen molar-refractivity contribution in [3.8, 4) is 5.75 Å². The van der Waals surface area contributed by atoms with Gasteiger partial charge in [-0.25, -0.2) is 0 Å². The maximum absolute atomic E-state index is 12.9. The van der Waals surface area contributed by atoms with Gasteiger partial charge in [-0.15, -0.1) is 0 Å². The summed E-state index contributed by atoms with van der Waals surface area (Å²) in [5.74, 6) is -0.623. The Labute approximate surface area is 220 Å². The van der Waals surface area contributed by atoms with Crippen molar-refractivity contribution in [2.24, 2.45) is 0 Å². The number of ether oxygens (including phenoxy) is 2. The first kappa shape index (κ1) is 26.4. The summed E-state index contributed by atoms with van der Waals surface area (Å²) in [6.45, 7) is 2.97. The molecule has 0 aliphatic carbocycles. The Morgan fingerprint density at radius 2 is 2.00 bits per heavy atom. The lowest BCUT2D eigenvalue weighted by molar-refractivity contribution is -0.124. The van der Waals surface area contributed by atoms with Crippen LogP contribution in [-0.4, -0.2) is 88.5 Å². The lowest BCUT2D eigenvalue weighted by Gasteiger charge is -2.26. The van der Waals surface area contributed by atoms with Crippen LogP contribution in [0.2, 0.25) is 0 Å². The Kier molecular flexibility index (Phi) is 7.60. The second-order valence-electron chi connectivity index (χ2n) is 8.85. The number of benzene rings is 1. The van der Waals surface area contributed by atoms with Crippen molar-refractivity contribution in [2.75, 3.05) is 56.6 Å². The van der Waals surface area contributed by atoms with Crippen LogP contribution in [0.25, 0.3) is 11.7 Å². The van der Waals surface area contributed by atoms with Crippen LogP contribution >= 0.6 is 0 Å². The lowest BCUT2D eigenvalue weighted by atomic mass is 10.1. The van der Waals surface area contributed by atoms with Crippen LogP contribution in [0.15, 0.2) is 36.0 Å². The number of alkyl halides is 3. The minimum Gasteiger partial charge on any atom is -0.492 e. The SMILES string of the molecule is O=C1C/C(=C\c2cnn3c(NCC(F)(F)F)nc(Nc4cccc(OCCN5CCOCC5)c4)nc23)C(=O)N1. The average molecular weight is 547 g/mol. The summed E-state index contributed by atoms with van der Waals surface area (Å²) in [4.78, 5) is 34.4. The number of anilines is 3. The third-order valence-electron chi connectivity index (χ3n) is 5.94. The standard InChI is InChI=1S/C24H25F3N8O4/c25-24(26,27)14-28-23-33-22(32-20-16(13-29-35(20)23)10-15-11-19(36)31-21(15)37)30-17-2-1-3-18(12-17)39-9-6-34-4-7-38-8-5-34/h1-3,10,12-13H,4-9,11,14H2,(H,31,36,37)(H2,28,30,32,33)/b15-10+. The first-order chi connectivity index (χ1) is 18.7. The summed E-state index contributed by atoms with van der Waals surface area (Å²) >= 11 is 0. The van der Waals surface area contributed by atoms with E-state index in [1.165, 1.54) is 12.3 Å². The number of nitrogens with one attached hydrogen (secondary N) is 3. The number of morpholine rings is 1. The third kappa shape index (κ3) is 6.80. The molecular formula is C24H25F3N8O4. The summed E-state index contributed by atoms with van der Waals surface area (Å²) in [6.07, 6.45) is -1.86. The first-order valence-electron chi connectivity index (χ1n) is 12.1. The predicted octanol–water partition coefficient (Wildman–Crippen LogP) is 1.98. The minimum absolute atomic E-state index is 0.00950. The van der Waals surface area contributed by atoms with Gasteiger partial charge in [0.25, 0.3) is 5.91 Å². The van der Waals surface area contributed by atoms with Gasteiger partial charge in [0.05, 0.1) is 25.8 Å². The molecule has 3 N–H and O–H groups in total. The maximum Gasteiger partial charge on any atom is 0.405 e. The van der Waals surface area contributed by atoms with Crippen LogP contribution in [0, 0.1) is 0 Å². The zero-order valence-corrected chi connectivity index (χ0v) is 20.6. The number of nitrogens with zero attached hydrogens (tertiary/aromatic N) is 5. The number of imide groups is 1. The molecule has 1 aromatic carbocycles. The number of hydrogen-bond donors (Lipinski definition) is 3. The fraction of sp³-hybridized carbons (Fsp3) is 0.375. The van der Waals surface area contributed by atoms with Gasteiger partial charge in [0.15, 0.2) is 5.65 Å². The molecule has 3 aromatic rings. The third-order valence-corrected chi connectivity index (χ3v) is 5.94. The number of carbonyl (C=O) groups excluding carboxylic acids is 2. The molecule has 2 saturated heterocycles. The minimum atomic E-state index is -4.50. The second kappa shape index (κ2) is 11.2. The highest BCUT2D eigenvalue weighted by molar-refractivity contribution is 6.15. The predicted molar refractivity (Wildman–Crippen MR) is 134 cm³/mol. The number of hydrogen-bond acceptors (Lipinski definition) is 10. The Balaban J connectivity index is 1.38. The molecule has 5 rings (SSSR count). The van der Waals surface area contributed by atoms with Crippen LogP contribution in [0.4, 0.5) is 30.8 Å². The van der Waals surface area contributed by atoms with Gasteiger partial charge in [-0.3, -0.25) is 19.8 Å². The molecule has 39 heavy (non-hydrogen) atoms. The Bertz CT molecular complexity index is 1400. The summed E-state index contributed by atoms with van der Waals surface area (Å²) in [5.41, 5.74) is 1.20. The number of rotatable bonds is 9. The maximum atomic E-state index is 12.9. The van der Waals surface area contributed by atoms with E-state index in [2.05, 4.69) is 35.9 Å². The summed E-state index contributed by atoms with van der Waals surface area (Å²) in [6, 6.07) is 7.01. The van der Waals surface area contributed by atoms with E-state index in [9.17, 15) is 22.8 Å². The van der Waals surface area contributed by atoms with Gasteiger partial charge in [0.2, 0.25) is 17.8 Å². The van der Waals surface area contributed by atoms with Crippen molar-refractivity contribution in [2.45, 2.75) is 12.6 Å². The van der Waals surface area contributed by atoms with Gasteiger partial charge in [-0.2, -0.15) is 32.8 Å². The van der Waals surface area contributed by atoms with E-state index >= 15 is 0 Å². The number of halogens is 3. The van der Waals surface area contributed by atoms with Crippen LogP contribution in [0.5, 0.6) is 5.75 Å². The van der Waals surface area contributed by atoms with E-state index in [-0.39, 0.29) is 29.5 Å². The van der Waals surface area contributed by atoms with E-state index in [0.717, 1.165) is 24.1 Å². The molecule has 0 unspecified atom stereocenters. The highest BCUT2D eigenvalue weighted by Gasteiger charge is 2.28. The molecule has 15 heteroatoms. The van der Waals surface area contributed by atoms with Gasteiger partial charge in [0, 0.05) is 42.5 Å². The second-order valence-corrected chi connectivity index (χ2v) is 8.85. The average Bonchev–Trinajstić information content (AvgIpc) is 3.44. The van der Waals surface area contributed by atoms with Crippen molar-refractivity contribution in [1.29, 1.82) is 0 Å². The van der Waals surface area contributed by atoms with Gasteiger partial charge in [-0.1, -0.05) is 6.07 Å². The van der Waals surface area contributed by atoms with Crippen molar-refractivity contribution in [3.63, 3.8) is 0 Å². The number of fused-ring (bicyclic) bond motifs is 1. The quantitative estimate of drug-likeness (QED) is 0.270. The molecule has 2 aliphatic heterocycles. The van der Waals surface area contributed by atoms with Gasteiger partial charge in [-0.05, 0) is 18.2 Å². The lowest BCUT2D eigenvalue weighted by Crippen LogP contribution is -2.38. The van der Waals surface area contributed by atoms with Gasteiger partial charge >= 0.3 is 6.18 Å². The molecule has 0 saturated carbocycles. The van der Waals surface area contributed by atoms with Gasteiger partial charge < -0.3 is 20.1 Å². The molecule has 0 spiro atoms. The molecule has 0 atom stereocenters. The monoisotopic (exact) mass is 546 g/mol. The smallest absolute Gasteiger partial charge is 0.405 e. The Hall–Kier alpha value is -4.24. The normalized spacial score (nSPS) is 17.6. The number of aromatic nitrogens is 4. The highest BCUT2D eigenvalue weighted by Crippen LogP contribution is 2.25. The van der Waals surface area contributed by atoms with Crippen LogP contribution in [0.1, 0.15) is 12.0 Å². The van der Waals surface area contributed by atoms with E-state index in [1.807, 2.05) is 0 Å². The molecule has 4 heterocycles. The zero-order valence-electron chi connectivity index (χ0n) is 20.6. The van der Waals surface area contributed by atoms with Crippen molar-refractivity contribution in [1.82, 2.24) is 29.8 Å². The topological polar surface area (TPSA) is 135 Å². The fourth-order valence-electron chi connectivity index (χ4n) is 4.06.